The normalized spacial score (nSPS) is 13.0. The molecular formula is C17H22N2O3S2. The standard InChI is InChI=1S/C17H22N2O3S2/c1-4-14-7-9-15(10-8-14)13(2)18-16(20)12-19(3)24(21,22)17-6-5-11-23-17/h5-11,13H,4,12H2,1-3H3,(H,18,20)/t13-/m1/s1. The van der Waals surface area contributed by atoms with Crippen LogP contribution in [0.2, 0.25) is 0 Å². The van der Waals surface area contributed by atoms with Gasteiger partial charge in [-0.3, -0.25) is 4.79 Å². The number of sulfonamides is 1. The number of hydrogen-bond acceptors (Lipinski definition) is 4. The Morgan fingerprint density at radius 1 is 1.25 bits per heavy atom. The molecule has 1 aromatic heterocycles. The van der Waals surface area contributed by atoms with Gasteiger partial charge in [0.15, 0.2) is 0 Å². The molecule has 2 aromatic rings. The second-order valence-electron chi connectivity index (χ2n) is 5.58. The minimum Gasteiger partial charge on any atom is -0.348 e. The molecule has 0 fully saturated rings. The first-order valence-electron chi connectivity index (χ1n) is 7.72. The maximum Gasteiger partial charge on any atom is 0.252 e. The minimum atomic E-state index is -3.61. The molecule has 0 unspecified atom stereocenters. The van der Waals surface area contributed by atoms with Gasteiger partial charge in [0.1, 0.15) is 4.21 Å². The maximum atomic E-state index is 12.3. The van der Waals surface area contributed by atoms with Crippen molar-refractivity contribution in [3.8, 4) is 0 Å². The fourth-order valence-electron chi connectivity index (χ4n) is 2.26. The van der Waals surface area contributed by atoms with Crippen molar-refractivity contribution in [1.82, 2.24) is 9.62 Å². The Morgan fingerprint density at radius 2 is 1.92 bits per heavy atom. The number of carbonyl (C=O) groups excluding carboxylic acids is 1. The molecule has 0 saturated carbocycles. The number of likely N-dealkylation sites (N-methyl/N-ethyl adjacent to an activating group) is 1. The molecule has 7 heteroatoms. The average molecular weight is 367 g/mol. The smallest absolute Gasteiger partial charge is 0.252 e. The van der Waals surface area contributed by atoms with Crippen LogP contribution in [0.4, 0.5) is 0 Å². The first-order valence-corrected chi connectivity index (χ1v) is 10.0. The average Bonchev–Trinajstić information content (AvgIpc) is 3.10. The molecule has 1 aromatic carbocycles. The summed E-state index contributed by atoms with van der Waals surface area (Å²) in [5, 5.41) is 4.54. The summed E-state index contributed by atoms with van der Waals surface area (Å²) in [6, 6.07) is 11.1. The number of aryl methyl sites for hydroxylation is 1. The summed E-state index contributed by atoms with van der Waals surface area (Å²) in [7, 11) is -2.20. The zero-order valence-corrected chi connectivity index (χ0v) is 15.7. The molecule has 0 radical (unpaired) electrons. The summed E-state index contributed by atoms with van der Waals surface area (Å²) in [5.74, 6) is -0.329. The molecule has 0 saturated heterocycles. The predicted molar refractivity (Wildman–Crippen MR) is 96.5 cm³/mol. The SMILES string of the molecule is CCc1ccc([C@@H](C)NC(=O)CN(C)S(=O)(=O)c2cccs2)cc1. The molecule has 1 heterocycles. The number of benzene rings is 1. The molecule has 2 rings (SSSR count). The molecule has 1 N–H and O–H groups in total. The van der Waals surface area contributed by atoms with Gasteiger partial charge in [-0.15, -0.1) is 11.3 Å². The van der Waals surface area contributed by atoms with Gasteiger partial charge in [0, 0.05) is 7.05 Å². The van der Waals surface area contributed by atoms with E-state index in [1.165, 1.54) is 18.7 Å². The predicted octanol–water partition coefficient (Wildman–Crippen LogP) is 2.81. The zero-order chi connectivity index (χ0) is 17.7. The van der Waals surface area contributed by atoms with Crippen LogP contribution in [-0.2, 0) is 21.2 Å². The van der Waals surface area contributed by atoms with Gasteiger partial charge in [-0.2, -0.15) is 4.31 Å². The summed E-state index contributed by atoms with van der Waals surface area (Å²) in [6.45, 7) is 3.76. The van der Waals surface area contributed by atoms with E-state index in [0.717, 1.165) is 27.6 Å². The summed E-state index contributed by atoms with van der Waals surface area (Å²) in [4.78, 5) is 12.2. The minimum absolute atomic E-state index is 0.179. The number of carbonyl (C=O) groups is 1. The molecule has 0 aliphatic heterocycles. The van der Waals surface area contributed by atoms with Crippen molar-refractivity contribution in [2.45, 2.75) is 30.5 Å². The van der Waals surface area contributed by atoms with Gasteiger partial charge in [0.2, 0.25) is 5.91 Å². The third-order valence-electron chi connectivity index (χ3n) is 3.79. The van der Waals surface area contributed by atoms with E-state index in [9.17, 15) is 13.2 Å². The molecule has 5 nitrogen and oxygen atoms in total. The van der Waals surface area contributed by atoms with E-state index in [2.05, 4.69) is 12.2 Å². The van der Waals surface area contributed by atoms with Crippen LogP contribution >= 0.6 is 11.3 Å². The lowest BCUT2D eigenvalue weighted by Gasteiger charge is -2.19. The summed E-state index contributed by atoms with van der Waals surface area (Å²) in [5.41, 5.74) is 2.23. The highest BCUT2D eigenvalue weighted by atomic mass is 32.2. The number of nitrogens with zero attached hydrogens (tertiary/aromatic N) is 1. The van der Waals surface area contributed by atoms with E-state index >= 15 is 0 Å². The first-order chi connectivity index (χ1) is 11.3. The Morgan fingerprint density at radius 3 is 2.46 bits per heavy atom. The van der Waals surface area contributed by atoms with Crippen molar-refractivity contribution in [2.75, 3.05) is 13.6 Å². The molecule has 0 aliphatic carbocycles. The molecule has 130 valence electrons. The molecule has 0 aliphatic rings. The third kappa shape index (κ3) is 4.43. The lowest BCUT2D eigenvalue weighted by atomic mass is 10.1. The highest BCUT2D eigenvalue weighted by Crippen LogP contribution is 2.19. The lowest BCUT2D eigenvalue weighted by molar-refractivity contribution is -0.121. The van der Waals surface area contributed by atoms with Crippen LogP contribution in [0.25, 0.3) is 0 Å². The maximum absolute atomic E-state index is 12.3. The monoisotopic (exact) mass is 366 g/mol. The van der Waals surface area contributed by atoms with Gasteiger partial charge in [0.05, 0.1) is 12.6 Å². The van der Waals surface area contributed by atoms with E-state index < -0.39 is 10.0 Å². The zero-order valence-electron chi connectivity index (χ0n) is 14.0. The van der Waals surface area contributed by atoms with Gasteiger partial charge in [-0.1, -0.05) is 37.3 Å². The topological polar surface area (TPSA) is 66.5 Å². The van der Waals surface area contributed by atoms with Gasteiger partial charge in [-0.05, 0) is 35.9 Å². The molecule has 1 amide bonds. The van der Waals surface area contributed by atoms with Crippen molar-refractivity contribution in [1.29, 1.82) is 0 Å². The van der Waals surface area contributed by atoms with E-state index in [1.54, 1.807) is 11.4 Å². The van der Waals surface area contributed by atoms with Gasteiger partial charge in [-0.25, -0.2) is 8.42 Å². The van der Waals surface area contributed by atoms with E-state index in [1.807, 2.05) is 31.2 Å². The highest BCUT2D eigenvalue weighted by Gasteiger charge is 2.24. The number of nitrogens with one attached hydrogen (secondary N) is 1. The first kappa shape index (κ1) is 18.6. The Labute approximate surface area is 147 Å². The number of thiophene rings is 1. The molecule has 1 atom stereocenters. The quantitative estimate of drug-likeness (QED) is 0.819. The van der Waals surface area contributed by atoms with Crippen molar-refractivity contribution in [2.24, 2.45) is 0 Å². The van der Waals surface area contributed by atoms with Crippen molar-refractivity contribution in [3.63, 3.8) is 0 Å². The molecule has 0 spiro atoms. The molecular weight excluding hydrogens is 344 g/mol. The van der Waals surface area contributed by atoms with Gasteiger partial charge in [0.25, 0.3) is 10.0 Å². The third-order valence-corrected chi connectivity index (χ3v) is 6.97. The van der Waals surface area contributed by atoms with Crippen LogP contribution in [0.1, 0.15) is 31.0 Å². The van der Waals surface area contributed by atoms with Crippen molar-refractivity contribution >= 4 is 27.3 Å². The highest BCUT2D eigenvalue weighted by molar-refractivity contribution is 7.91. The van der Waals surface area contributed by atoms with E-state index in [-0.39, 0.29) is 22.7 Å². The molecule has 0 bridgehead atoms. The van der Waals surface area contributed by atoms with Crippen LogP contribution in [0.15, 0.2) is 46.0 Å². The van der Waals surface area contributed by atoms with Crippen LogP contribution in [0.3, 0.4) is 0 Å². The van der Waals surface area contributed by atoms with Crippen LogP contribution in [0.5, 0.6) is 0 Å². The number of amides is 1. The summed E-state index contributed by atoms with van der Waals surface area (Å²) in [6.07, 6.45) is 0.965. The van der Waals surface area contributed by atoms with E-state index in [0.29, 0.717) is 0 Å². The lowest BCUT2D eigenvalue weighted by Crippen LogP contribution is -2.39. The number of rotatable bonds is 7. The fraction of sp³-hybridized carbons (Fsp3) is 0.353. The second-order valence-corrected chi connectivity index (χ2v) is 8.80. The van der Waals surface area contributed by atoms with Gasteiger partial charge < -0.3 is 5.32 Å². The van der Waals surface area contributed by atoms with Crippen LogP contribution < -0.4 is 5.32 Å². The Balaban J connectivity index is 1.97. The summed E-state index contributed by atoms with van der Waals surface area (Å²) < 4.78 is 25.9. The Bertz CT molecular complexity index is 769. The Kier molecular flexibility index (Phi) is 6.15. The Hall–Kier alpha value is -1.70. The van der Waals surface area contributed by atoms with Crippen molar-refractivity contribution < 1.29 is 13.2 Å². The van der Waals surface area contributed by atoms with Gasteiger partial charge >= 0.3 is 0 Å². The molecule has 24 heavy (non-hydrogen) atoms. The van der Waals surface area contributed by atoms with Crippen molar-refractivity contribution in [3.05, 3.63) is 52.9 Å². The second kappa shape index (κ2) is 7.92. The van der Waals surface area contributed by atoms with Crippen LogP contribution in [-0.4, -0.2) is 32.2 Å². The number of hydrogen-bond donors (Lipinski definition) is 1. The van der Waals surface area contributed by atoms with E-state index in [4.69, 9.17) is 0 Å². The largest absolute Gasteiger partial charge is 0.348 e. The van der Waals surface area contributed by atoms with Crippen LogP contribution in [0, 0.1) is 0 Å². The summed E-state index contributed by atoms with van der Waals surface area (Å²) >= 11 is 1.14. The fourth-order valence-corrected chi connectivity index (χ4v) is 4.59.